The number of rotatable bonds is 6. The molecule has 0 amide bonds. The van der Waals surface area contributed by atoms with E-state index < -0.39 is 10.7 Å². The second-order valence-corrected chi connectivity index (χ2v) is 7.98. The molecular weight excluding hydrogens is 510 g/mol. The van der Waals surface area contributed by atoms with Gasteiger partial charge in [-0.25, -0.2) is 14.4 Å². The number of benzene rings is 3. The minimum Gasteiger partial charge on any atom is -0.495 e. The zero-order chi connectivity index (χ0) is 26.6. The van der Waals surface area contributed by atoms with Crippen LogP contribution >= 0.6 is 23.2 Å². The van der Waals surface area contributed by atoms with Crippen LogP contribution in [-0.4, -0.2) is 29.1 Å². The molecule has 4 rings (SSSR count). The summed E-state index contributed by atoms with van der Waals surface area (Å²) in [5.74, 6) is -0.0232. The molecule has 3 aromatic carbocycles. The standard InChI is InChI=1S/C23H17Cl2FN4O4.C2H6/c1-11-5-4-6-15(30(31)32)21(11)28-23-27-10-13-7-12(8-14(26)22(13)29-23)18-19(24)16(33-2)9-17(34-3)20(18)25;1-2/h4-10H,1-3H3,(H,27,28,29);1-2H3. The molecule has 0 fully saturated rings. The third kappa shape index (κ3) is 5.12. The van der Waals surface area contributed by atoms with Gasteiger partial charge in [-0.05, 0) is 30.2 Å². The normalized spacial score (nSPS) is 10.4. The van der Waals surface area contributed by atoms with Crippen molar-refractivity contribution in [3.63, 3.8) is 0 Å². The van der Waals surface area contributed by atoms with Crippen molar-refractivity contribution in [2.45, 2.75) is 20.8 Å². The first-order chi connectivity index (χ1) is 17.2. The maximum atomic E-state index is 15.2. The van der Waals surface area contributed by atoms with Crippen molar-refractivity contribution in [3.8, 4) is 22.6 Å². The number of methoxy groups -OCH3 is 2. The van der Waals surface area contributed by atoms with Crippen molar-refractivity contribution >= 4 is 51.4 Å². The second kappa shape index (κ2) is 11.4. The first-order valence-corrected chi connectivity index (χ1v) is 11.6. The van der Waals surface area contributed by atoms with Gasteiger partial charge in [-0.1, -0.05) is 49.2 Å². The monoisotopic (exact) mass is 532 g/mol. The number of nitrogens with one attached hydrogen (secondary N) is 1. The van der Waals surface area contributed by atoms with Crippen LogP contribution in [0.4, 0.5) is 21.7 Å². The van der Waals surface area contributed by atoms with Gasteiger partial charge in [0, 0.05) is 29.3 Å². The topological polar surface area (TPSA) is 99.4 Å². The van der Waals surface area contributed by atoms with E-state index in [1.807, 2.05) is 13.8 Å². The molecule has 0 spiro atoms. The highest BCUT2D eigenvalue weighted by molar-refractivity contribution is 6.41. The Balaban J connectivity index is 0.00000176. The first kappa shape index (κ1) is 26.9. The number of nitrogens with zero attached hydrogens (tertiary/aromatic N) is 3. The van der Waals surface area contributed by atoms with Gasteiger partial charge in [0.05, 0.1) is 29.2 Å². The van der Waals surface area contributed by atoms with Crippen LogP contribution in [0.1, 0.15) is 19.4 Å². The molecule has 11 heteroatoms. The van der Waals surface area contributed by atoms with E-state index in [1.165, 1.54) is 38.6 Å². The quantitative estimate of drug-likeness (QED) is 0.200. The minimum absolute atomic E-state index is 0.00987. The molecule has 0 radical (unpaired) electrons. The van der Waals surface area contributed by atoms with Gasteiger partial charge >= 0.3 is 0 Å². The van der Waals surface area contributed by atoms with Crippen molar-refractivity contribution in [1.29, 1.82) is 0 Å². The molecule has 0 atom stereocenters. The molecule has 0 bridgehead atoms. The van der Waals surface area contributed by atoms with E-state index in [0.29, 0.717) is 33.6 Å². The lowest BCUT2D eigenvalue weighted by Crippen LogP contribution is -2.03. The highest BCUT2D eigenvalue weighted by atomic mass is 35.5. The van der Waals surface area contributed by atoms with Crippen LogP contribution in [0.5, 0.6) is 11.5 Å². The predicted octanol–water partition coefficient (Wildman–Crippen LogP) is 7.75. The van der Waals surface area contributed by atoms with Gasteiger partial charge < -0.3 is 14.8 Å². The zero-order valence-corrected chi connectivity index (χ0v) is 21.7. The van der Waals surface area contributed by atoms with Crippen molar-refractivity contribution in [3.05, 3.63) is 74.1 Å². The number of hydrogen-bond donors (Lipinski definition) is 1. The second-order valence-electron chi connectivity index (χ2n) is 7.22. The van der Waals surface area contributed by atoms with Crippen LogP contribution < -0.4 is 14.8 Å². The molecule has 0 aliphatic rings. The number of aromatic nitrogens is 2. The largest absolute Gasteiger partial charge is 0.495 e. The summed E-state index contributed by atoms with van der Waals surface area (Å²) in [6.07, 6.45) is 1.40. The summed E-state index contributed by atoms with van der Waals surface area (Å²) in [7, 11) is 2.89. The number of nitro groups is 1. The van der Waals surface area contributed by atoms with Gasteiger partial charge in [-0.2, -0.15) is 0 Å². The number of aryl methyl sites for hydroxylation is 1. The molecule has 36 heavy (non-hydrogen) atoms. The summed E-state index contributed by atoms with van der Waals surface area (Å²) in [6.45, 7) is 5.71. The molecule has 0 aliphatic carbocycles. The van der Waals surface area contributed by atoms with Crippen LogP contribution in [0.25, 0.3) is 22.0 Å². The van der Waals surface area contributed by atoms with Crippen molar-refractivity contribution in [1.82, 2.24) is 9.97 Å². The molecule has 0 unspecified atom stereocenters. The minimum atomic E-state index is -0.661. The van der Waals surface area contributed by atoms with Gasteiger partial charge in [0.15, 0.2) is 0 Å². The highest BCUT2D eigenvalue weighted by Crippen LogP contribution is 2.46. The summed E-state index contributed by atoms with van der Waals surface area (Å²) in [5.41, 5.74) is 1.42. The lowest BCUT2D eigenvalue weighted by molar-refractivity contribution is -0.384. The average molecular weight is 533 g/mol. The van der Waals surface area contributed by atoms with E-state index in [4.69, 9.17) is 32.7 Å². The smallest absolute Gasteiger partial charge is 0.293 e. The lowest BCUT2D eigenvalue weighted by atomic mass is 10.0. The van der Waals surface area contributed by atoms with Crippen LogP contribution in [0, 0.1) is 22.9 Å². The molecule has 188 valence electrons. The molecule has 0 saturated carbocycles. The van der Waals surface area contributed by atoms with Crippen LogP contribution in [0.15, 0.2) is 42.6 Å². The van der Waals surface area contributed by atoms with Crippen molar-refractivity contribution < 1.29 is 18.8 Å². The summed E-state index contributed by atoms with van der Waals surface area (Å²) in [5, 5.41) is 15.0. The number of hydrogen-bond acceptors (Lipinski definition) is 7. The predicted molar refractivity (Wildman–Crippen MR) is 141 cm³/mol. The van der Waals surface area contributed by atoms with Crippen LogP contribution in [-0.2, 0) is 0 Å². The molecule has 0 saturated heterocycles. The Bertz CT molecular complexity index is 1420. The molecule has 1 aromatic heterocycles. The Morgan fingerprint density at radius 3 is 2.28 bits per heavy atom. The third-order valence-electron chi connectivity index (χ3n) is 5.18. The number of halogens is 3. The Labute approximate surface area is 217 Å². The Kier molecular flexibility index (Phi) is 8.49. The maximum absolute atomic E-state index is 15.2. The highest BCUT2D eigenvalue weighted by Gasteiger charge is 2.21. The van der Waals surface area contributed by atoms with E-state index in [2.05, 4.69) is 15.3 Å². The van der Waals surface area contributed by atoms with Crippen molar-refractivity contribution in [2.24, 2.45) is 0 Å². The van der Waals surface area contributed by atoms with E-state index in [1.54, 1.807) is 25.1 Å². The fraction of sp³-hybridized carbons (Fsp3) is 0.200. The van der Waals surface area contributed by atoms with Gasteiger partial charge in [0.2, 0.25) is 5.95 Å². The molecule has 0 aliphatic heterocycles. The fourth-order valence-corrected chi connectivity index (χ4v) is 4.24. The van der Waals surface area contributed by atoms with E-state index >= 15 is 4.39 Å². The third-order valence-corrected chi connectivity index (χ3v) is 5.93. The van der Waals surface area contributed by atoms with Crippen LogP contribution in [0.3, 0.4) is 0 Å². The van der Waals surface area contributed by atoms with Crippen molar-refractivity contribution in [2.75, 3.05) is 19.5 Å². The molecule has 4 aromatic rings. The molecule has 8 nitrogen and oxygen atoms in total. The summed E-state index contributed by atoms with van der Waals surface area (Å²) in [6, 6.07) is 9.05. The van der Waals surface area contributed by atoms with Gasteiger partial charge in [0.25, 0.3) is 5.69 Å². The van der Waals surface area contributed by atoms with E-state index in [9.17, 15) is 10.1 Å². The lowest BCUT2D eigenvalue weighted by Gasteiger charge is -2.15. The average Bonchev–Trinajstić information content (AvgIpc) is 2.87. The molecule has 1 heterocycles. The number of nitro benzene ring substituents is 1. The maximum Gasteiger partial charge on any atom is 0.293 e. The zero-order valence-electron chi connectivity index (χ0n) is 20.1. The van der Waals surface area contributed by atoms with E-state index in [-0.39, 0.29) is 32.9 Å². The molecule has 1 N–H and O–H groups in total. The first-order valence-electron chi connectivity index (χ1n) is 10.8. The molecular formula is C25H23Cl2FN4O4. The number of ether oxygens (including phenoxy) is 2. The summed E-state index contributed by atoms with van der Waals surface area (Å²) < 4.78 is 25.8. The van der Waals surface area contributed by atoms with Crippen LogP contribution in [0.2, 0.25) is 10.0 Å². The van der Waals surface area contributed by atoms with E-state index in [0.717, 1.165) is 0 Å². The van der Waals surface area contributed by atoms with Gasteiger partial charge in [-0.15, -0.1) is 0 Å². The number of para-hydroxylation sites is 1. The SMILES string of the molecule is CC.COc1cc(OC)c(Cl)c(-c2cc(F)c3nc(Nc4c(C)cccc4[N+](=O)[O-])ncc3c2)c1Cl. The summed E-state index contributed by atoms with van der Waals surface area (Å²) >= 11 is 12.9. The summed E-state index contributed by atoms with van der Waals surface area (Å²) in [4.78, 5) is 19.3. The Morgan fingerprint density at radius 2 is 1.69 bits per heavy atom. The number of anilines is 2. The van der Waals surface area contributed by atoms with Gasteiger partial charge in [0.1, 0.15) is 28.5 Å². The van der Waals surface area contributed by atoms with Gasteiger partial charge in [-0.3, -0.25) is 10.1 Å². The fourth-order valence-electron chi connectivity index (χ4n) is 3.52. The Morgan fingerprint density at radius 1 is 1.06 bits per heavy atom. The Hall–Kier alpha value is -3.69. The number of fused-ring (bicyclic) bond motifs is 1.